The average molecular weight is 592 g/mol. The maximum Gasteiger partial charge on any atom is 0.136 e. The van der Waals surface area contributed by atoms with Crippen molar-refractivity contribution in [3.05, 3.63) is 176 Å². The van der Waals surface area contributed by atoms with Crippen LogP contribution in [0.1, 0.15) is 5.48 Å². The molecule has 0 amide bonds. The summed E-state index contributed by atoms with van der Waals surface area (Å²) in [5.74, 6) is 0. The number of benzene rings is 8. The summed E-state index contributed by atoms with van der Waals surface area (Å²) in [5.41, 5.74) is 7.71. The van der Waals surface area contributed by atoms with Crippen molar-refractivity contribution in [3.8, 4) is 22.3 Å². The molecular weight excluding hydrogens is 558 g/mol. The normalized spacial score (nSPS) is 12.7. The Morgan fingerprint density at radius 2 is 1.13 bits per heavy atom. The fraction of sp³-hybridized carbons (Fsp3) is 0. The van der Waals surface area contributed by atoms with Crippen molar-refractivity contribution in [2.45, 2.75) is 0 Å². The fourth-order valence-electron chi connectivity index (χ4n) is 6.62. The molecule has 9 rings (SSSR count). The maximum absolute atomic E-state index is 8.75. The van der Waals surface area contributed by atoms with E-state index in [9.17, 15) is 0 Å². The van der Waals surface area contributed by atoms with Gasteiger partial charge in [0.25, 0.3) is 0 Å². The van der Waals surface area contributed by atoms with Crippen LogP contribution in [0.3, 0.4) is 0 Å². The standard InChI is InChI=1S/C44H29NO/c1-2-12-33-28-37(27-22-30(33)10-1)45(35-25-23-32(24-26-35)39-18-8-13-31-11-3-4-16-38(31)39)36-15-7-14-34(29-36)40-19-9-21-43-44(40)41-17-5-6-20-42(41)46-43/h1-29H/i5D,6D,17D,20D. The van der Waals surface area contributed by atoms with Crippen LogP contribution in [0.4, 0.5) is 17.1 Å². The Labute approximate surface area is 273 Å². The summed E-state index contributed by atoms with van der Waals surface area (Å²) in [6.45, 7) is 0. The number of furan rings is 1. The van der Waals surface area contributed by atoms with Gasteiger partial charge >= 0.3 is 0 Å². The highest BCUT2D eigenvalue weighted by molar-refractivity contribution is 6.12. The van der Waals surface area contributed by atoms with Gasteiger partial charge in [0.2, 0.25) is 0 Å². The minimum absolute atomic E-state index is 0.104. The van der Waals surface area contributed by atoms with Crippen molar-refractivity contribution in [2.75, 3.05) is 4.90 Å². The summed E-state index contributed by atoms with van der Waals surface area (Å²) in [4.78, 5) is 2.25. The van der Waals surface area contributed by atoms with E-state index in [1.165, 1.54) is 21.7 Å². The summed E-state index contributed by atoms with van der Waals surface area (Å²) in [6, 6.07) is 51.6. The number of hydrogen-bond donors (Lipinski definition) is 0. The summed E-state index contributed by atoms with van der Waals surface area (Å²) in [7, 11) is 0. The number of para-hydroxylation sites is 1. The number of nitrogens with zero attached hydrogens (tertiary/aromatic N) is 1. The lowest BCUT2D eigenvalue weighted by atomic mass is 9.97. The highest BCUT2D eigenvalue weighted by atomic mass is 16.3. The van der Waals surface area contributed by atoms with Crippen LogP contribution in [0.15, 0.2) is 180 Å². The van der Waals surface area contributed by atoms with E-state index in [1.54, 1.807) is 0 Å². The van der Waals surface area contributed by atoms with Crippen LogP contribution >= 0.6 is 0 Å². The molecule has 2 nitrogen and oxygen atoms in total. The molecule has 0 bridgehead atoms. The Balaban J connectivity index is 1.22. The molecule has 216 valence electrons. The van der Waals surface area contributed by atoms with Gasteiger partial charge in [-0.2, -0.15) is 0 Å². The van der Waals surface area contributed by atoms with Gasteiger partial charge in [-0.15, -0.1) is 0 Å². The zero-order valence-corrected chi connectivity index (χ0v) is 24.8. The predicted octanol–water partition coefficient (Wildman–Crippen LogP) is 12.7. The molecule has 0 radical (unpaired) electrons. The van der Waals surface area contributed by atoms with Crippen molar-refractivity contribution < 1.29 is 9.90 Å². The highest BCUT2D eigenvalue weighted by Gasteiger charge is 2.17. The van der Waals surface area contributed by atoms with Gasteiger partial charge in [0.05, 0.1) is 5.48 Å². The summed E-state index contributed by atoms with van der Waals surface area (Å²) in [6.07, 6.45) is 0. The monoisotopic (exact) mass is 591 g/mol. The van der Waals surface area contributed by atoms with Crippen molar-refractivity contribution in [3.63, 3.8) is 0 Å². The van der Waals surface area contributed by atoms with E-state index in [0.717, 1.165) is 39.1 Å². The van der Waals surface area contributed by atoms with Crippen LogP contribution in [-0.4, -0.2) is 0 Å². The third-order valence-corrected chi connectivity index (χ3v) is 8.77. The van der Waals surface area contributed by atoms with Gasteiger partial charge in [0, 0.05) is 27.8 Å². The lowest BCUT2D eigenvalue weighted by Crippen LogP contribution is -2.10. The lowest BCUT2D eigenvalue weighted by molar-refractivity contribution is 0.669. The molecule has 1 aromatic heterocycles. The first-order valence-electron chi connectivity index (χ1n) is 17.4. The summed E-state index contributed by atoms with van der Waals surface area (Å²) in [5, 5.41) is 5.79. The van der Waals surface area contributed by atoms with Gasteiger partial charge < -0.3 is 9.32 Å². The van der Waals surface area contributed by atoms with Gasteiger partial charge in [-0.25, -0.2) is 0 Å². The first-order chi connectivity index (χ1) is 24.5. The van der Waals surface area contributed by atoms with Gasteiger partial charge in [-0.05, 0) is 92.3 Å². The molecule has 9 aromatic rings. The molecule has 2 heteroatoms. The second-order valence-corrected chi connectivity index (χ2v) is 11.5. The van der Waals surface area contributed by atoms with E-state index in [0.29, 0.717) is 16.4 Å². The maximum atomic E-state index is 8.75. The third-order valence-electron chi connectivity index (χ3n) is 8.77. The Bertz CT molecular complexity index is 2760. The topological polar surface area (TPSA) is 16.4 Å². The van der Waals surface area contributed by atoms with Gasteiger partial charge in [0.1, 0.15) is 11.2 Å². The molecule has 0 saturated carbocycles. The molecule has 0 saturated heterocycles. The highest BCUT2D eigenvalue weighted by Crippen LogP contribution is 2.41. The molecule has 0 N–H and O–H groups in total. The quantitative estimate of drug-likeness (QED) is 0.198. The van der Waals surface area contributed by atoms with Gasteiger partial charge in [0.15, 0.2) is 0 Å². The van der Waals surface area contributed by atoms with E-state index in [2.05, 4.69) is 126 Å². The number of fused-ring (bicyclic) bond motifs is 5. The van der Waals surface area contributed by atoms with Crippen LogP contribution in [0.25, 0.3) is 65.7 Å². The Kier molecular flexibility index (Phi) is 5.26. The Morgan fingerprint density at radius 3 is 2.04 bits per heavy atom. The second-order valence-electron chi connectivity index (χ2n) is 11.5. The Hall–Kier alpha value is -6.12. The molecule has 0 unspecified atom stereocenters. The van der Waals surface area contributed by atoms with E-state index in [-0.39, 0.29) is 29.8 Å². The van der Waals surface area contributed by atoms with Crippen LogP contribution in [-0.2, 0) is 0 Å². The fourth-order valence-corrected chi connectivity index (χ4v) is 6.62. The number of hydrogen-bond acceptors (Lipinski definition) is 2. The number of anilines is 3. The first kappa shape index (κ1) is 22.4. The minimum Gasteiger partial charge on any atom is -0.456 e. The minimum atomic E-state index is -0.303. The first-order valence-corrected chi connectivity index (χ1v) is 15.4. The van der Waals surface area contributed by atoms with Crippen molar-refractivity contribution >= 4 is 60.5 Å². The summed E-state index contributed by atoms with van der Waals surface area (Å²) < 4.78 is 39.9. The zero-order chi connectivity index (χ0) is 33.9. The van der Waals surface area contributed by atoms with Crippen molar-refractivity contribution in [1.82, 2.24) is 0 Å². The Morgan fingerprint density at radius 1 is 0.435 bits per heavy atom. The predicted molar refractivity (Wildman–Crippen MR) is 194 cm³/mol. The molecule has 46 heavy (non-hydrogen) atoms. The van der Waals surface area contributed by atoms with E-state index >= 15 is 0 Å². The van der Waals surface area contributed by atoms with E-state index in [1.807, 2.05) is 30.3 Å². The molecule has 1 heterocycles. The van der Waals surface area contributed by atoms with Crippen molar-refractivity contribution in [2.24, 2.45) is 0 Å². The summed E-state index contributed by atoms with van der Waals surface area (Å²) >= 11 is 0. The SMILES string of the molecule is [2H]c1c([2H])c([2H])c2c(oc3cccc(-c4cccc(N(c5ccc(-c6cccc7ccccc67)cc5)c5ccc6ccccc6c5)c4)c32)c1[2H]. The van der Waals surface area contributed by atoms with Crippen molar-refractivity contribution in [1.29, 1.82) is 0 Å². The molecule has 0 fully saturated rings. The molecule has 0 spiro atoms. The molecule has 8 aromatic carbocycles. The molecule has 0 atom stereocenters. The number of rotatable bonds is 5. The van der Waals surface area contributed by atoms with Crippen LogP contribution in [0.5, 0.6) is 0 Å². The van der Waals surface area contributed by atoms with E-state index in [4.69, 9.17) is 9.90 Å². The average Bonchev–Trinajstić information content (AvgIpc) is 3.57. The van der Waals surface area contributed by atoms with Crippen LogP contribution in [0.2, 0.25) is 0 Å². The smallest absolute Gasteiger partial charge is 0.136 e. The molecule has 0 aliphatic heterocycles. The second kappa shape index (κ2) is 10.8. The van der Waals surface area contributed by atoms with Gasteiger partial charge in [-0.1, -0.05) is 127 Å². The molecule has 0 aliphatic rings. The molecule has 0 aliphatic carbocycles. The zero-order valence-electron chi connectivity index (χ0n) is 28.8. The van der Waals surface area contributed by atoms with E-state index < -0.39 is 0 Å². The molecular formula is C44H29NO. The van der Waals surface area contributed by atoms with Crippen LogP contribution < -0.4 is 4.90 Å². The van der Waals surface area contributed by atoms with Gasteiger partial charge in [-0.3, -0.25) is 0 Å². The third kappa shape index (κ3) is 4.43. The largest absolute Gasteiger partial charge is 0.456 e. The lowest BCUT2D eigenvalue weighted by Gasteiger charge is -2.26. The van der Waals surface area contributed by atoms with Crippen LogP contribution in [0, 0.1) is 0 Å².